The summed E-state index contributed by atoms with van der Waals surface area (Å²) in [6, 6.07) is 23.4. The number of amides is 3. The van der Waals surface area contributed by atoms with Crippen LogP contribution in [-0.4, -0.2) is 133 Å². The van der Waals surface area contributed by atoms with Crippen LogP contribution in [-0.2, 0) is 14.4 Å². The third-order valence-corrected chi connectivity index (χ3v) is 6.52. The van der Waals surface area contributed by atoms with Gasteiger partial charge in [-0.05, 0) is 53.1 Å². The summed E-state index contributed by atoms with van der Waals surface area (Å²) in [5.41, 5.74) is 12.9. The molecule has 0 radical (unpaired) electrons. The van der Waals surface area contributed by atoms with E-state index in [1.165, 1.54) is 0 Å². The zero-order valence-electron chi connectivity index (χ0n) is 30.1. The Balaban J connectivity index is 1.82. The van der Waals surface area contributed by atoms with Crippen molar-refractivity contribution >= 4 is 53.4 Å². The summed E-state index contributed by atoms with van der Waals surface area (Å²) >= 11 is 0. The van der Waals surface area contributed by atoms with Crippen LogP contribution in [0.4, 0.5) is 17.1 Å². The second-order valence-corrected chi connectivity index (χ2v) is 14.8. The molecule has 0 aliphatic rings. The molecule has 0 bridgehead atoms. The van der Waals surface area contributed by atoms with Gasteiger partial charge in [0, 0.05) is 17.1 Å². The number of hydrogen-bond acceptors (Lipinski definition) is 7. The average molecular weight is 672 g/mol. The third kappa shape index (κ3) is 14.6. The third-order valence-electron chi connectivity index (χ3n) is 6.52. The van der Waals surface area contributed by atoms with Gasteiger partial charge in [0.1, 0.15) is 0 Å². The molecule has 0 atom stereocenters. The number of hydrazone groups is 3. The van der Waals surface area contributed by atoms with Crippen LogP contribution in [0.2, 0.25) is 0 Å². The van der Waals surface area contributed by atoms with Crippen LogP contribution in [0.15, 0.2) is 88.1 Å². The maximum Gasteiger partial charge on any atom is 0.295 e. The number of rotatable bonds is 15. The Kier molecular flexibility index (Phi) is 13.0. The first-order valence-corrected chi connectivity index (χ1v) is 15.8. The van der Waals surface area contributed by atoms with E-state index in [0.717, 1.165) is 33.8 Å². The fourth-order valence-corrected chi connectivity index (χ4v) is 4.51. The molecular weight excluding hydrogens is 620 g/mol. The number of nitrogens with zero attached hydrogens (tertiary/aromatic N) is 7. The monoisotopic (exact) mass is 671 g/mol. The fraction of sp³-hybridized carbons (Fsp3) is 0.333. The van der Waals surface area contributed by atoms with Gasteiger partial charge in [-0.1, -0.05) is 36.4 Å². The van der Waals surface area contributed by atoms with Crippen LogP contribution in [0, 0.1) is 0 Å². The lowest BCUT2D eigenvalue weighted by atomic mass is 10.1. The van der Waals surface area contributed by atoms with E-state index in [1.54, 1.807) is 18.6 Å². The van der Waals surface area contributed by atoms with Crippen molar-refractivity contribution in [3.63, 3.8) is 0 Å². The number of carbonyl (C=O) groups excluding carboxylic acids is 3. The molecule has 0 unspecified atom stereocenters. The topological polar surface area (TPSA) is 128 Å². The molecule has 0 aromatic heterocycles. The maximum atomic E-state index is 12.1. The van der Waals surface area contributed by atoms with Gasteiger partial charge in [-0.3, -0.25) is 14.4 Å². The Morgan fingerprint density at radius 1 is 0.469 bits per heavy atom. The minimum absolute atomic E-state index is 0.161. The Morgan fingerprint density at radius 3 is 0.898 bits per heavy atom. The summed E-state index contributed by atoms with van der Waals surface area (Å²) < 4.78 is 1.52. The lowest BCUT2D eigenvalue weighted by Crippen LogP contribution is -2.43. The Bertz CT molecular complexity index is 1450. The van der Waals surface area contributed by atoms with Crippen molar-refractivity contribution in [1.82, 2.24) is 16.3 Å². The molecule has 0 spiro atoms. The molecule has 3 N–H and O–H groups in total. The van der Waals surface area contributed by atoms with Gasteiger partial charge in [-0.15, -0.1) is 0 Å². The summed E-state index contributed by atoms with van der Waals surface area (Å²) in [6.45, 7) is 0.949. The van der Waals surface area contributed by atoms with E-state index in [-0.39, 0.29) is 17.7 Å². The summed E-state index contributed by atoms with van der Waals surface area (Å²) in [4.78, 5) is 38.5. The number of carbonyl (C=O) groups is 3. The van der Waals surface area contributed by atoms with Crippen molar-refractivity contribution in [2.45, 2.75) is 0 Å². The maximum absolute atomic E-state index is 12.1. The van der Waals surface area contributed by atoms with Crippen molar-refractivity contribution < 1.29 is 27.8 Å². The summed E-state index contributed by atoms with van der Waals surface area (Å²) in [6.07, 6.45) is 4.84. The molecule has 13 nitrogen and oxygen atoms in total. The quantitative estimate of drug-likeness (QED) is 0.130. The normalized spacial score (nSPS) is 12.4. The lowest BCUT2D eigenvalue weighted by Gasteiger charge is -2.25. The SMILES string of the molecule is C[N+](C)(C)CC(=O)N/N=C\c1ccc(N(c2ccc(/C=N\NC(=O)C[N+](C)(C)C)cc2)c2ccc(/C=N\NC(=O)C[N+](C)(C)C)cc2)cc1. The van der Waals surface area contributed by atoms with E-state index in [0.29, 0.717) is 33.1 Å². The second-order valence-electron chi connectivity index (χ2n) is 14.8. The van der Waals surface area contributed by atoms with Crippen molar-refractivity contribution in [1.29, 1.82) is 0 Å². The first kappa shape index (κ1) is 38.2. The average Bonchev–Trinajstić information content (AvgIpc) is 2.97. The highest BCUT2D eigenvalue weighted by atomic mass is 16.2. The molecule has 0 saturated heterocycles. The Morgan fingerprint density at radius 2 is 0.694 bits per heavy atom. The largest absolute Gasteiger partial charge is 0.323 e. The van der Waals surface area contributed by atoms with Gasteiger partial charge >= 0.3 is 0 Å². The molecule has 3 aromatic rings. The van der Waals surface area contributed by atoms with Gasteiger partial charge in [0.05, 0.1) is 82.1 Å². The van der Waals surface area contributed by atoms with Crippen LogP contribution < -0.4 is 21.2 Å². The standard InChI is InChI=1S/C36H48N10O3/c1-44(2,3)25-34(47)40-37-22-28-10-16-31(17-11-28)43(32-18-12-29(13-19-32)23-38-41-35(48)26-45(4,5)6)33-20-14-30(15-21-33)24-39-42-36(49)27-46(7,8)9/h10-24H,25-27H2,1-9H3/p+3/b37-22-,38-23-,39-24-. The van der Waals surface area contributed by atoms with Gasteiger partial charge in [-0.25, -0.2) is 16.3 Å². The van der Waals surface area contributed by atoms with Crippen LogP contribution in [0.5, 0.6) is 0 Å². The molecule has 3 amide bonds. The number of hydrogen-bond donors (Lipinski definition) is 3. The number of benzene rings is 3. The van der Waals surface area contributed by atoms with E-state index >= 15 is 0 Å². The summed E-state index contributed by atoms with van der Waals surface area (Å²) in [5.74, 6) is -0.482. The molecule has 3 aromatic carbocycles. The van der Waals surface area contributed by atoms with Gasteiger partial charge in [0.25, 0.3) is 17.7 Å². The zero-order valence-corrected chi connectivity index (χ0v) is 30.1. The first-order valence-electron chi connectivity index (χ1n) is 15.8. The zero-order chi connectivity index (χ0) is 36.2. The molecule has 0 aliphatic heterocycles. The van der Waals surface area contributed by atoms with Crippen molar-refractivity contribution in [2.75, 3.05) is 88.0 Å². The molecule has 260 valence electrons. The summed E-state index contributed by atoms with van der Waals surface area (Å²) in [7, 11) is 17.5. The highest BCUT2D eigenvalue weighted by Crippen LogP contribution is 2.34. The van der Waals surface area contributed by atoms with Crippen LogP contribution >= 0.6 is 0 Å². The van der Waals surface area contributed by atoms with Gasteiger partial charge in [-0.2, -0.15) is 15.3 Å². The van der Waals surface area contributed by atoms with Crippen molar-refractivity contribution in [3.8, 4) is 0 Å². The summed E-state index contributed by atoms with van der Waals surface area (Å²) in [5, 5.41) is 12.3. The van der Waals surface area contributed by atoms with Crippen molar-refractivity contribution in [2.24, 2.45) is 15.3 Å². The molecule has 3 rings (SSSR count). The molecule has 49 heavy (non-hydrogen) atoms. The van der Waals surface area contributed by atoms with E-state index in [9.17, 15) is 14.4 Å². The highest BCUT2D eigenvalue weighted by Gasteiger charge is 2.16. The van der Waals surface area contributed by atoms with Crippen LogP contribution in [0.3, 0.4) is 0 Å². The predicted molar refractivity (Wildman–Crippen MR) is 197 cm³/mol. The minimum Gasteiger partial charge on any atom is -0.323 e. The molecule has 13 heteroatoms. The molecular formula is C36H51N10O3+3. The number of nitrogens with one attached hydrogen (secondary N) is 3. The van der Waals surface area contributed by atoms with Gasteiger partial charge in [0.15, 0.2) is 19.6 Å². The fourth-order valence-electron chi connectivity index (χ4n) is 4.51. The smallest absolute Gasteiger partial charge is 0.295 e. The molecule has 0 aliphatic carbocycles. The van der Waals surface area contributed by atoms with E-state index in [4.69, 9.17) is 0 Å². The second kappa shape index (κ2) is 16.7. The highest BCUT2D eigenvalue weighted by molar-refractivity contribution is 5.87. The van der Waals surface area contributed by atoms with Crippen LogP contribution in [0.1, 0.15) is 16.7 Å². The number of likely N-dealkylation sites (N-methyl/N-ethyl adjacent to an activating group) is 3. The number of anilines is 3. The Labute approximate surface area is 290 Å². The molecule has 0 fully saturated rings. The minimum atomic E-state index is -0.161. The molecule has 0 heterocycles. The lowest BCUT2D eigenvalue weighted by molar-refractivity contribution is -0.862. The van der Waals surface area contributed by atoms with Gasteiger partial charge < -0.3 is 18.3 Å². The van der Waals surface area contributed by atoms with Crippen molar-refractivity contribution in [3.05, 3.63) is 89.5 Å². The van der Waals surface area contributed by atoms with E-state index in [2.05, 4.69) is 36.5 Å². The van der Waals surface area contributed by atoms with Crippen LogP contribution in [0.25, 0.3) is 0 Å². The Hall–Kier alpha value is -5.24. The number of quaternary nitrogens is 3. The first-order chi connectivity index (χ1) is 22.9. The molecule has 0 saturated carbocycles. The van der Waals surface area contributed by atoms with Gasteiger partial charge in [0.2, 0.25) is 0 Å². The van der Waals surface area contributed by atoms with E-state index in [1.807, 2.05) is 136 Å². The van der Waals surface area contributed by atoms with E-state index < -0.39 is 0 Å². The predicted octanol–water partition coefficient (Wildman–Crippen LogP) is 2.63.